The van der Waals surface area contributed by atoms with Crippen LogP contribution in [0.1, 0.15) is 35.4 Å². The molecule has 8 heteroatoms. The van der Waals surface area contributed by atoms with Crippen molar-refractivity contribution in [2.24, 2.45) is 0 Å². The second kappa shape index (κ2) is 8.15. The van der Waals surface area contributed by atoms with E-state index in [1.165, 1.54) is 0 Å². The molecule has 0 bridgehead atoms. The molecule has 174 valence electrons. The topological polar surface area (TPSA) is 62.6 Å². The summed E-state index contributed by atoms with van der Waals surface area (Å²) in [4.78, 5) is 20.9. The van der Waals surface area contributed by atoms with E-state index in [0.717, 1.165) is 49.0 Å². The minimum Gasteiger partial charge on any atom is -0.454 e. The Morgan fingerprint density at radius 3 is 2.85 bits per heavy atom. The van der Waals surface area contributed by atoms with Gasteiger partial charge >= 0.3 is 0 Å². The van der Waals surface area contributed by atoms with Crippen LogP contribution in [0.4, 0.5) is 0 Å². The Balaban J connectivity index is 1.47. The first-order valence-electron chi connectivity index (χ1n) is 11.2. The summed E-state index contributed by atoms with van der Waals surface area (Å²) in [5.41, 5.74) is 3.78. The minimum atomic E-state index is -0.297. The Morgan fingerprint density at radius 1 is 1.15 bits per heavy atom. The van der Waals surface area contributed by atoms with Crippen molar-refractivity contribution in [3.63, 3.8) is 0 Å². The van der Waals surface area contributed by atoms with Crippen LogP contribution in [0, 0.1) is 6.92 Å². The molecule has 0 spiro atoms. The third-order valence-electron chi connectivity index (χ3n) is 6.14. The number of nitrogens with zero attached hydrogens (tertiary/aromatic N) is 2. The van der Waals surface area contributed by atoms with Crippen molar-refractivity contribution >= 4 is 33.3 Å². The van der Waals surface area contributed by atoms with Gasteiger partial charge in [0.05, 0.1) is 23.3 Å². The second-order valence-corrected chi connectivity index (χ2v) is 11.3. The molecule has 0 saturated carbocycles. The number of rotatable bonds is 4. The SMILES string of the molecule is Cc1cccc(-n2c(SCc3ccc4c(c3)OCO4)nc3sc4c(c3c2=O)CC(C)(C)OC4)c1. The molecule has 4 aromatic rings. The number of hydrogen-bond acceptors (Lipinski definition) is 7. The van der Waals surface area contributed by atoms with Crippen LogP contribution in [-0.4, -0.2) is 21.9 Å². The highest BCUT2D eigenvalue weighted by atomic mass is 32.2. The minimum absolute atomic E-state index is 0.0148. The summed E-state index contributed by atoms with van der Waals surface area (Å²) in [6.07, 6.45) is 0.705. The highest BCUT2D eigenvalue weighted by Gasteiger charge is 2.31. The van der Waals surface area contributed by atoms with Gasteiger partial charge in [-0.1, -0.05) is 30.0 Å². The first kappa shape index (κ1) is 21.7. The molecule has 0 amide bonds. The summed E-state index contributed by atoms with van der Waals surface area (Å²) < 4.78 is 18.7. The van der Waals surface area contributed by atoms with Crippen molar-refractivity contribution in [2.45, 2.75) is 50.3 Å². The van der Waals surface area contributed by atoms with E-state index in [-0.39, 0.29) is 18.0 Å². The number of thiophene rings is 1. The van der Waals surface area contributed by atoms with Crippen molar-refractivity contribution in [2.75, 3.05) is 6.79 Å². The van der Waals surface area contributed by atoms with Gasteiger partial charge in [-0.15, -0.1) is 11.3 Å². The van der Waals surface area contributed by atoms with Gasteiger partial charge in [-0.25, -0.2) is 4.98 Å². The van der Waals surface area contributed by atoms with Crippen LogP contribution in [-0.2, 0) is 23.5 Å². The number of aryl methyl sites for hydroxylation is 1. The van der Waals surface area contributed by atoms with E-state index >= 15 is 0 Å². The first-order valence-corrected chi connectivity index (χ1v) is 13.0. The Bertz CT molecular complexity index is 1490. The molecule has 0 atom stereocenters. The fraction of sp³-hybridized carbons (Fsp3) is 0.308. The monoisotopic (exact) mass is 492 g/mol. The van der Waals surface area contributed by atoms with E-state index in [1.807, 2.05) is 49.4 Å². The van der Waals surface area contributed by atoms with E-state index in [9.17, 15) is 4.79 Å². The number of ether oxygens (including phenoxy) is 3. The summed E-state index contributed by atoms with van der Waals surface area (Å²) in [6, 6.07) is 14.0. The van der Waals surface area contributed by atoms with Gasteiger partial charge in [-0.2, -0.15) is 0 Å². The van der Waals surface area contributed by atoms with Gasteiger partial charge in [-0.05, 0) is 61.7 Å². The molecule has 2 aliphatic heterocycles. The quantitative estimate of drug-likeness (QED) is 0.272. The van der Waals surface area contributed by atoms with Gasteiger partial charge in [0.25, 0.3) is 5.56 Å². The number of fused-ring (bicyclic) bond motifs is 4. The van der Waals surface area contributed by atoms with Gasteiger partial charge in [0, 0.05) is 17.1 Å². The maximum Gasteiger partial charge on any atom is 0.267 e. The Kier molecular flexibility index (Phi) is 5.20. The van der Waals surface area contributed by atoms with Gasteiger partial charge < -0.3 is 14.2 Å². The Morgan fingerprint density at radius 2 is 2.00 bits per heavy atom. The van der Waals surface area contributed by atoms with Crippen LogP contribution in [0.3, 0.4) is 0 Å². The molecule has 0 unspecified atom stereocenters. The maximum absolute atomic E-state index is 14.0. The normalized spacial score (nSPS) is 16.1. The lowest BCUT2D eigenvalue weighted by Crippen LogP contribution is -2.32. The largest absolute Gasteiger partial charge is 0.454 e. The average molecular weight is 493 g/mol. The van der Waals surface area contributed by atoms with E-state index in [0.29, 0.717) is 23.9 Å². The number of hydrogen-bond donors (Lipinski definition) is 0. The van der Waals surface area contributed by atoms with Crippen LogP contribution in [0.25, 0.3) is 15.9 Å². The van der Waals surface area contributed by atoms with Crippen LogP contribution in [0.5, 0.6) is 11.5 Å². The number of thioether (sulfide) groups is 1. The van der Waals surface area contributed by atoms with Crippen molar-refractivity contribution in [3.05, 3.63) is 74.4 Å². The summed E-state index contributed by atoms with van der Waals surface area (Å²) >= 11 is 3.13. The van der Waals surface area contributed by atoms with E-state index in [2.05, 4.69) is 13.8 Å². The predicted molar refractivity (Wildman–Crippen MR) is 135 cm³/mol. The lowest BCUT2D eigenvalue weighted by Gasteiger charge is -2.29. The molecule has 0 N–H and O–H groups in total. The summed E-state index contributed by atoms with van der Waals surface area (Å²) in [5.74, 6) is 2.17. The lowest BCUT2D eigenvalue weighted by molar-refractivity contribution is -0.0379. The summed E-state index contributed by atoms with van der Waals surface area (Å²) in [6.45, 7) is 6.95. The molecule has 0 saturated heterocycles. The standard InChI is InChI=1S/C26H24N2O4S2/c1-15-5-4-6-17(9-15)28-24(29)22-18-11-26(2,3)32-12-21(18)34-23(22)27-25(28)33-13-16-7-8-19-20(10-16)31-14-30-19/h4-10H,11-14H2,1-3H3. The molecule has 6 nitrogen and oxygen atoms in total. The molecule has 4 heterocycles. The zero-order valence-corrected chi connectivity index (χ0v) is 20.8. The van der Waals surface area contributed by atoms with Crippen molar-refractivity contribution < 1.29 is 14.2 Å². The van der Waals surface area contributed by atoms with Gasteiger partial charge in [0.15, 0.2) is 16.7 Å². The molecule has 6 rings (SSSR count). The van der Waals surface area contributed by atoms with Gasteiger partial charge in [0.1, 0.15) is 4.83 Å². The van der Waals surface area contributed by atoms with Crippen LogP contribution >= 0.6 is 23.1 Å². The third-order valence-corrected chi connectivity index (χ3v) is 8.25. The highest BCUT2D eigenvalue weighted by Crippen LogP contribution is 2.39. The molecular formula is C26H24N2O4S2. The lowest BCUT2D eigenvalue weighted by atomic mass is 9.94. The Labute approximate surface area is 205 Å². The molecule has 0 radical (unpaired) electrons. The highest BCUT2D eigenvalue weighted by molar-refractivity contribution is 7.98. The number of benzene rings is 2. The average Bonchev–Trinajstić information content (AvgIpc) is 3.40. The summed E-state index contributed by atoms with van der Waals surface area (Å²) in [5, 5.41) is 1.41. The molecule has 0 aliphatic carbocycles. The van der Waals surface area contributed by atoms with Crippen molar-refractivity contribution in [1.29, 1.82) is 0 Å². The van der Waals surface area contributed by atoms with Crippen molar-refractivity contribution in [3.8, 4) is 17.2 Å². The second-order valence-electron chi connectivity index (χ2n) is 9.26. The predicted octanol–water partition coefficient (Wildman–Crippen LogP) is 5.63. The van der Waals surface area contributed by atoms with E-state index in [1.54, 1.807) is 27.7 Å². The summed E-state index contributed by atoms with van der Waals surface area (Å²) in [7, 11) is 0. The van der Waals surface area contributed by atoms with Crippen LogP contribution in [0.2, 0.25) is 0 Å². The van der Waals surface area contributed by atoms with Gasteiger partial charge in [0.2, 0.25) is 6.79 Å². The van der Waals surface area contributed by atoms with Gasteiger partial charge in [-0.3, -0.25) is 9.36 Å². The third kappa shape index (κ3) is 3.79. The maximum atomic E-state index is 14.0. The van der Waals surface area contributed by atoms with Crippen LogP contribution < -0.4 is 15.0 Å². The number of aromatic nitrogens is 2. The molecule has 0 fully saturated rings. The molecule has 2 aliphatic rings. The fourth-order valence-corrected chi connectivity index (χ4v) is 6.54. The van der Waals surface area contributed by atoms with E-state index < -0.39 is 0 Å². The van der Waals surface area contributed by atoms with Crippen molar-refractivity contribution in [1.82, 2.24) is 9.55 Å². The molecule has 2 aromatic carbocycles. The Hall–Kier alpha value is -2.81. The van der Waals surface area contributed by atoms with Crippen LogP contribution in [0.15, 0.2) is 52.4 Å². The molecular weight excluding hydrogens is 468 g/mol. The molecule has 2 aromatic heterocycles. The zero-order chi connectivity index (χ0) is 23.4. The van der Waals surface area contributed by atoms with E-state index in [4.69, 9.17) is 19.2 Å². The molecule has 34 heavy (non-hydrogen) atoms. The zero-order valence-electron chi connectivity index (χ0n) is 19.2. The fourth-order valence-electron chi connectivity index (χ4n) is 4.44. The smallest absolute Gasteiger partial charge is 0.267 e. The first-order chi connectivity index (χ1) is 16.4.